The van der Waals surface area contributed by atoms with Gasteiger partial charge in [0.15, 0.2) is 5.78 Å². The summed E-state index contributed by atoms with van der Waals surface area (Å²) in [6.07, 6.45) is 1.87. The van der Waals surface area contributed by atoms with Gasteiger partial charge in [0.2, 0.25) is 5.88 Å². The lowest BCUT2D eigenvalue weighted by Gasteiger charge is -2.12. The largest absolute Gasteiger partial charge is 0.494 e. The van der Waals surface area contributed by atoms with Crippen LogP contribution in [0.4, 0.5) is 0 Å². The molecule has 0 saturated carbocycles. The molecule has 0 bridgehead atoms. The second-order valence-electron chi connectivity index (χ2n) is 4.20. The number of aromatic nitrogens is 1. The van der Waals surface area contributed by atoms with E-state index in [0.717, 1.165) is 11.0 Å². The fourth-order valence-electron chi connectivity index (χ4n) is 1.81. The van der Waals surface area contributed by atoms with E-state index in [1.54, 1.807) is 6.07 Å². The highest BCUT2D eigenvalue weighted by Crippen LogP contribution is 2.22. The van der Waals surface area contributed by atoms with E-state index in [9.17, 15) is 14.7 Å². The van der Waals surface area contributed by atoms with E-state index < -0.39 is 5.56 Å². The number of carbonyl (C=O) groups is 1. The van der Waals surface area contributed by atoms with E-state index in [-0.39, 0.29) is 28.4 Å². The molecule has 0 aliphatic rings. The Kier molecular flexibility index (Phi) is 4.27. The molecule has 0 spiro atoms. The van der Waals surface area contributed by atoms with Gasteiger partial charge in [0.05, 0.1) is 5.56 Å². The Bertz CT molecular complexity index is 579. The van der Waals surface area contributed by atoms with Crippen LogP contribution < -0.4 is 5.56 Å². The molecule has 0 amide bonds. The standard InChI is InChI=1S/C13H16N2O3/c1-4-5-6-10(16)11-8(2)9(7-14)12(17)15(3)13(11)18/h18H,4-6H2,1-3H3. The number of nitriles is 1. The van der Waals surface area contributed by atoms with Crippen molar-refractivity contribution in [3.63, 3.8) is 0 Å². The van der Waals surface area contributed by atoms with Gasteiger partial charge < -0.3 is 5.11 Å². The van der Waals surface area contributed by atoms with Crippen molar-refractivity contribution < 1.29 is 9.90 Å². The minimum Gasteiger partial charge on any atom is -0.494 e. The first-order valence-corrected chi connectivity index (χ1v) is 5.81. The molecule has 0 radical (unpaired) electrons. The molecule has 18 heavy (non-hydrogen) atoms. The molecule has 0 unspecified atom stereocenters. The molecule has 1 aromatic rings. The first-order chi connectivity index (χ1) is 8.45. The van der Waals surface area contributed by atoms with E-state index >= 15 is 0 Å². The predicted molar refractivity (Wildman–Crippen MR) is 66.7 cm³/mol. The molecule has 1 heterocycles. The maximum Gasteiger partial charge on any atom is 0.271 e. The van der Waals surface area contributed by atoms with Crippen LogP contribution in [0.1, 0.15) is 47.7 Å². The van der Waals surface area contributed by atoms with Gasteiger partial charge in [0.25, 0.3) is 5.56 Å². The number of ketones is 1. The number of aromatic hydroxyl groups is 1. The predicted octanol–water partition coefficient (Wildman–Crippen LogP) is 1.64. The molecule has 0 aliphatic carbocycles. The topological polar surface area (TPSA) is 83.1 Å². The molecular weight excluding hydrogens is 232 g/mol. The van der Waals surface area contributed by atoms with Crippen LogP contribution in [0.25, 0.3) is 0 Å². The summed E-state index contributed by atoms with van der Waals surface area (Å²) in [6, 6.07) is 1.79. The lowest BCUT2D eigenvalue weighted by molar-refractivity contribution is 0.0975. The Balaban J connectivity index is 3.46. The molecule has 0 saturated heterocycles. The van der Waals surface area contributed by atoms with Gasteiger partial charge in [-0.05, 0) is 18.9 Å². The summed E-state index contributed by atoms with van der Waals surface area (Å²) >= 11 is 0. The molecular formula is C13H16N2O3. The zero-order chi connectivity index (χ0) is 13.9. The molecule has 1 N–H and O–H groups in total. The third-order valence-corrected chi connectivity index (χ3v) is 2.96. The van der Waals surface area contributed by atoms with Crippen molar-refractivity contribution in [2.45, 2.75) is 33.1 Å². The summed E-state index contributed by atoms with van der Waals surface area (Å²) in [5.74, 6) is -0.600. The van der Waals surface area contributed by atoms with Crippen LogP contribution >= 0.6 is 0 Å². The molecule has 0 fully saturated rings. The molecule has 5 heteroatoms. The van der Waals surface area contributed by atoms with E-state index in [1.165, 1.54) is 14.0 Å². The smallest absolute Gasteiger partial charge is 0.271 e. The SMILES string of the molecule is CCCCC(=O)c1c(C)c(C#N)c(=O)n(C)c1O. The second kappa shape index (κ2) is 5.50. The monoisotopic (exact) mass is 248 g/mol. The Labute approximate surface area is 105 Å². The molecule has 5 nitrogen and oxygen atoms in total. The van der Waals surface area contributed by atoms with Crippen LogP contribution in [0.3, 0.4) is 0 Å². The van der Waals surface area contributed by atoms with Crippen molar-refractivity contribution in [3.8, 4) is 11.9 Å². The highest BCUT2D eigenvalue weighted by molar-refractivity contribution is 5.99. The van der Waals surface area contributed by atoms with Crippen LogP contribution in [0.5, 0.6) is 5.88 Å². The fraction of sp³-hybridized carbons (Fsp3) is 0.462. The summed E-state index contributed by atoms with van der Waals surface area (Å²) < 4.78 is 0.935. The average molecular weight is 248 g/mol. The van der Waals surface area contributed by atoms with Gasteiger partial charge in [-0.2, -0.15) is 5.26 Å². The molecule has 1 aromatic heterocycles. The maximum absolute atomic E-state index is 12.0. The minimum atomic E-state index is -0.584. The lowest BCUT2D eigenvalue weighted by Crippen LogP contribution is -2.24. The van der Waals surface area contributed by atoms with Crippen molar-refractivity contribution in [1.29, 1.82) is 5.26 Å². The highest BCUT2D eigenvalue weighted by atomic mass is 16.3. The van der Waals surface area contributed by atoms with Crippen molar-refractivity contribution in [1.82, 2.24) is 4.57 Å². The molecule has 96 valence electrons. The van der Waals surface area contributed by atoms with E-state index in [1.807, 2.05) is 6.92 Å². The van der Waals surface area contributed by atoms with Crippen LogP contribution in [0.2, 0.25) is 0 Å². The van der Waals surface area contributed by atoms with Crippen molar-refractivity contribution in [2.24, 2.45) is 7.05 Å². The summed E-state index contributed by atoms with van der Waals surface area (Å²) in [4.78, 5) is 23.7. The number of unbranched alkanes of at least 4 members (excludes halogenated alkanes) is 1. The number of Topliss-reactive ketones (excluding diaryl/α,β-unsaturated/α-hetero) is 1. The summed E-state index contributed by atoms with van der Waals surface area (Å²) in [7, 11) is 1.34. The molecule has 0 atom stereocenters. The van der Waals surface area contributed by atoms with Gasteiger partial charge >= 0.3 is 0 Å². The highest BCUT2D eigenvalue weighted by Gasteiger charge is 2.21. The minimum absolute atomic E-state index is 0.0853. The number of hydrogen-bond donors (Lipinski definition) is 1. The number of carbonyl (C=O) groups excluding carboxylic acids is 1. The third kappa shape index (κ3) is 2.28. The number of hydrogen-bond acceptors (Lipinski definition) is 4. The zero-order valence-corrected chi connectivity index (χ0v) is 10.8. The first-order valence-electron chi connectivity index (χ1n) is 5.81. The van der Waals surface area contributed by atoms with Gasteiger partial charge in [-0.15, -0.1) is 0 Å². The van der Waals surface area contributed by atoms with Crippen LogP contribution in [0.15, 0.2) is 4.79 Å². The number of nitrogens with zero attached hydrogens (tertiary/aromatic N) is 2. The summed E-state index contributed by atoms with van der Waals surface area (Å²) in [5.41, 5.74) is -0.323. The quantitative estimate of drug-likeness (QED) is 0.821. The Morgan fingerprint density at radius 2 is 2.11 bits per heavy atom. The molecule has 0 aromatic carbocycles. The van der Waals surface area contributed by atoms with Crippen LogP contribution in [0, 0.1) is 18.3 Å². The van der Waals surface area contributed by atoms with Crippen molar-refractivity contribution in [3.05, 3.63) is 27.0 Å². The van der Waals surface area contributed by atoms with Crippen LogP contribution in [-0.4, -0.2) is 15.5 Å². The molecule has 0 aliphatic heterocycles. The Hall–Kier alpha value is -2.09. The lowest BCUT2D eigenvalue weighted by atomic mass is 9.99. The first kappa shape index (κ1) is 14.0. The number of rotatable bonds is 4. The molecule has 1 rings (SSSR count). The van der Waals surface area contributed by atoms with Crippen LogP contribution in [-0.2, 0) is 7.05 Å². The fourth-order valence-corrected chi connectivity index (χ4v) is 1.81. The van der Waals surface area contributed by atoms with E-state index in [2.05, 4.69) is 0 Å². The zero-order valence-electron chi connectivity index (χ0n) is 10.8. The third-order valence-electron chi connectivity index (χ3n) is 2.96. The van der Waals surface area contributed by atoms with Gasteiger partial charge in [0, 0.05) is 13.5 Å². The van der Waals surface area contributed by atoms with Crippen molar-refractivity contribution in [2.75, 3.05) is 0 Å². The Morgan fingerprint density at radius 3 is 2.61 bits per heavy atom. The second-order valence-corrected chi connectivity index (χ2v) is 4.20. The van der Waals surface area contributed by atoms with Gasteiger partial charge in [-0.1, -0.05) is 13.3 Å². The number of pyridine rings is 1. The van der Waals surface area contributed by atoms with Crippen molar-refractivity contribution >= 4 is 5.78 Å². The average Bonchev–Trinajstić information content (AvgIpc) is 2.34. The summed E-state index contributed by atoms with van der Waals surface area (Å²) in [6.45, 7) is 3.47. The van der Waals surface area contributed by atoms with E-state index in [4.69, 9.17) is 5.26 Å². The Morgan fingerprint density at radius 1 is 1.50 bits per heavy atom. The van der Waals surface area contributed by atoms with Gasteiger partial charge in [0.1, 0.15) is 11.6 Å². The van der Waals surface area contributed by atoms with Gasteiger partial charge in [-0.3, -0.25) is 14.2 Å². The van der Waals surface area contributed by atoms with E-state index in [0.29, 0.717) is 12.8 Å². The summed E-state index contributed by atoms with van der Waals surface area (Å²) in [5, 5.41) is 18.8. The normalized spacial score (nSPS) is 10.1. The maximum atomic E-state index is 12.0. The van der Waals surface area contributed by atoms with Gasteiger partial charge in [-0.25, -0.2) is 0 Å².